The number of benzene rings is 3. The van der Waals surface area contributed by atoms with Crippen LogP contribution in [0.2, 0.25) is 0 Å². The Balaban J connectivity index is 1.44. The van der Waals surface area contributed by atoms with Crippen molar-refractivity contribution in [2.24, 2.45) is 5.10 Å². The lowest BCUT2D eigenvalue weighted by atomic mass is 9.88. The molecular weight excluding hydrogens is 699 g/mol. The van der Waals surface area contributed by atoms with Crippen LogP contribution in [0.25, 0.3) is 10.9 Å². The van der Waals surface area contributed by atoms with Gasteiger partial charge < -0.3 is 14.8 Å². The number of para-hydroxylation sites is 1. The Morgan fingerprint density at radius 1 is 1.12 bits per heavy atom. The molecule has 1 saturated carbocycles. The predicted molar refractivity (Wildman–Crippen MR) is 173 cm³/mol. The summed E-state index contributed by atoms with van der Waals surface area (Å²) < 4.78 is 14.8. The molecule has 0 atom stereocenters. The molecule has 1 N–H and O–H groups in total. The highest BCUT2D eigenvalue weighted by Crippen LogP contribution is 2.35. The molecule has 0 unspecified atom stereocenters. The standard InChI is InChI=1S/C31H30BrIN4O4/c1-2-40-27-16-20(15-25(33)29(27)41-19-28(38)35-23-11-7-4-8-12-23)18-34-37-30(21-9-5-3-6-10-21)36-26-14-13-22(32)17-24(26)31(37)39/h4,7-8,11-18,21H,2-3,5-6,9-10,19H2,1H3,(H,35,38). The minimum Gasteiger partial charge on any atom is -0.490 e. The Kier molecular flexibility index (Phi) is 9.71. The molecule has 1 amide bonds. The van der Waals surface area contributed by atoms with E-state index in [0.717, 1.165) is 39.3 Å². The zero-order valence-electron chi connectivity index (χ0n) is 22.6. The van der Waals surface area contributed by atoms with Gasteiger partial charge in [-0.15, -0.1) is 0 Å². The minimum absolute atomic E-state index is 0.170. The summed E-state index contributed by atoms with van der Waals surface area (Å²) in [6.07, 6.45) is 7.05. The van der Waals surface area contributed by atoms with Gasteiger partial charge in [0.2, 0.25) is 0 Å². The van der Waals surface area contributed by atoms with Crippen molar-refractivity contribution in [3.8, 4) is 11.5 Å². The second-order valence-corrected chi connectivity index (χ2v) is 11.9. The summed E-state index contributed by atoms with van der Waals surface area (Å²) in [5.74, 6) is 1.58. The smallest absolute Gasteiger partial charge is 0.282 e. The lowest BCUT2D eigenvalue weighted by Crippen LogP contribution is -2.25. The van der Waals surface area contributed by atoms with E-state index in [1.807, 2.05) is 55.5 Å². The van der Waals surface area contributed by atoms with Gasteiger partial charge in [0.25, 0.3) is 11.5 Å². The Morgan fingerprint density at radius 3 is 2.66 bits per heavy atom. The maximum absolute atomic E-state index is 13.6. The monoisotopic (exact) mass is 728 g/mol. The molecule has 1 aromatic heterocycles. The highest BCUT2D eigenvalue weighted by atomic mass is 127. The summed E-state index contributed by atoms with van der Waals surface area (Å²) in [6, 6.07) is 18.5. The molecule has 1 heterocycles. The van der Waals surface area contributed by atoms with E-state index in [1.54, 1.807) is 18.3 Å². The van der Waals surface area contributed by atoms with Crippen LogP contribution >= 0.6 is 38.5 Å². The number of hydrogen-bond donors (Lipinski definition) is 1. The number of carbonyl (C=O) groups is 1. The van der Waals surface area contributed by atoms with Crippen molar-refractivity contribution in [2.45, 2.75) is 44.9 Å². The van der Waals surface area contributed by atoms with Crippen LogP contribution in [0.4, 0.5) is 5.69 Å². The Bertz CT molecular complexity index is 1640. The number of hydrogen-bond acceptors (Lipinski definition) is 6. The molecule has 41 heavy (non-hydrogen) atoms. The second-order valence-electron chi connectivity index (χ2n) is 9.79. The molecule has 1 aliphatic rings. The van der Waals surface area contributed by atoms with E-state index in [0.29, 0.717) is 40.5 Å². The fourth-order valence-corrected chi connectivity index (χ4v) is 6.09. The van der Waals surface area contributed by atoms with E-state index >= 15 is 0 Å². The number of ether oxygens (including phenoxy) is 2. The molecule has 8 nitrogen and oxygen atoms in total. The number of nitrogens with zero attached hydrogens (tertiary/aromatic N) is 3. The first kappa shape index (κ1) is 29.2. The number of fused-ring (bicyclic) bond motifs is 1. The van der Waals surface area contributed by atoms with Crippen LogP contribution in [0, 0.1) is 3.57 Å². The van der Waals surface area contributed by atoms with Crippen LogP contribution in [-0.4, -0.2) is 35.0 Å². The minimum atomic E-state index is -0.273. The molecule has 0 spiro atoms. The maximum atomic E-state index is 13.6. The summed E-state index contributed by atoms with van der Waals surface area (Å²) in [7, 11) is 0. The Labute approximate surface area is 260 Å². The first-order valence-corrected chi connectivity index (χ1v) is 15.5. The van der Waals surface area contributed by atoms with Gasteiger partial charge in [-0.05, 0) is 90.4 Å². The first-order valence-electron chi connectivity index (χ1n) is 13.6. The third-order valence-corrected chi connectivity index (χ3v) is 8.16. The quantitative estimate of drug-likeness (QED) is 0.147. The van der Waals surface area contributed by atoms with Crippen LogP contribution < -0.4 is 20.3 Å². The van der Waals surface area contributed by atoms with Crippen LogP contribution in [0.15, 0.2) is 75.0 Å². The number of halogens is 2. The van der Waals surface area contributed by atoms with E-state index in [1.165, 1.54) is 11.1 Å². The van der Waals surface area contributed by atoms with Crippen LogP contribution in [-0.2, 0) is 4.79 Å². The molecule has 4 aromatic rings. The number of rotatable bonds is 9. The number of nitrogens with one attached hydrogen (secondary N) is 1. The van der Waals surface area contributed by atoms with Crippen molar-refractivity contribution in [3.63, 3.8) is 0 Å². The molecule has 212 valence electrons. The van der Waals surface area contributed by atoms with Crippen LogP contribution in [0.3, 0.4) is 0 Å². The topological polar surface area (TPSA) is 94.8 Å². The average Bonchev–Trinajstić information content (AvgIpc) is 2.97. The molecule has 5 rings (SSSR count). The van der Waals surface area contributed by atoms with Crippen molar-refractivity contribution in [1.82, 2.24) is 9.66 Å². The molecule has 0 saturated heterocycles. The van der Waals surface area contributed by atoms with Crippen molar-refractivity contribution in [1.29, 1.82) is 0 Å². The van der Waals surface area contributed by atoms with Crippen molar-refractivity contribution in [2.75, 3.05) is 18.5 Å². The number of aromatic nitrogens is 2. The van der Waals surface area contributed by atoms with Gasteiger partial charge in [0.1, 0.15) is 5.82 Å². The molecule has 0 aliphatic heterocycles. The molecule has 1 aliphatic carbocycles. The van der Waals surface area contributed by atoms with E-state index in [-0.39, 0.29) is 24.0 Å². The van der Waals surface area contributed by atoms with E-state index in [9.17, 15) is 9.59 Å². The van der Waals surface area contributed by atoms with Gasteiger partial charge in [0.05, 0.1) is 27.3 Å². The van der Waals surface area contributed by atoms with Gasteiger partial charge in [-0.3, -0.25) is 9.59 Å². The summed E-state index contributed by atoms with van der Waals surface area (Å²) in [6.45, 7) is 2.13. The third kappa shape index (κ3) is 7.16. The molecule has 10 heteroatoms. The van der Waals surface area contributed by atoms with Crippen LogP contribution in [0.5, 0.6) is 11.5 Å². The highest BCUT2D eigenvalue weighted by molar-refractivity contribution is 14.1. The Morgan fingerprint density at radius 2 is 1.90 bits per heavy atom. The van der Waals surface area contributed by atoms with Gasteiger partial charge in [0.15, 0.2) is 18.1 Å². The molecule has 0 radical (unpaired) electrons. The maximum Gasteiger partial charge on any atom is 0.282 e. The third-order valence-electron chi connectivity index (χ3n) is 6.86. The normalized spacial score (nSPS) is 13.9. The lowest BCUT2D eigenvalue weighted by Gasteiger charge is -2.22. The summed E-state index contributed by atoms with van der Waals surface area (Å²) in [5.41, 5.74) is 1.91. The van der Waals surface area contributed by atoms with Crippen molar-refractivity contribution >= 4 is 67.2 Å². The number of amides is 1. The lowest BCUT2D eigenvalue weighted by molar-refractivity contribution is -0.118. The van der Waals surface area contributed by atoms with E-state index in [4.69, 9.17) is 14.5 Å². The van der Waals surface area contributed by atoms with Gasteiger partial charge in [-0.25, -0.2) is 4.98 Å². The fraction of sp³-hybridized carbons (Fsp3) is 0.290. The van der Waals surface area contributed by atoms with E-state index in [2.05, 4.69) is 48.9 Å². The largest absolute Gasteiger partial charge is 0.490 e. The van der Waals surface area contributed by atoms with Gasteiger partial charge in [-0.2, -0.15) is 9.78 Å². The Hall–Kier alpha value is -3.25. The zero-order chi connectivity index (χ0) is 28.8. The van der Waals surface area contributed by atoms with Gasteiger partial charge in [-0.1, -0.05) is 53.4 Å². The van der Waals surface area contributed by atoms with Gasteiger partial charge in [0, 0.05) is 16.1 Å². The SMILES string of the molecule is CCOc1cc(C=Nn2c(C3CCCCC3)nc3ccc(Br)cc3c2=O)cc(I)c1OCC(=O)Nc1ccccc1. The summed E-state index contributed by atoms with van der Waals surface area (Å²) >= 11 is 5.63. The number of anilines is 1. The van der Waals surface area contributed by atoms with Gasteiger partial charge >= 0.3 is 0 Å². The molecular formula is C31H30BrIN4O4. The molecule has 1 fully saturated rings. The first-order chi connectivity index (χ1) is 19.9. The van der Waals surface area contributed by atoms with Crippen LogP contribution in [0.1, 0.15) is 56.3 Å². The average molecular weight is 729 g/mol. The highest BCUT2D eigenvalue weighted by Gasteiger charge is 2.23. The van der Waals surface area contributed by atoms with E-state index < -0.39 is 0 Å². The predicted octanol–water partition coefficient (Wildman–Crippen LogP) is 7.11. The fourth-order valence-electron chi connectivity index (χ4n) is 4.95. The number of carbonyl (C=O) groups excluding carboxylic acids is 1. The second kappa shape index (κ2) is 13.6. The van der Waals surface area contributed by atoms with Crippen molar-refractivity contribution in [3.05, 3.63) is 90.4 Å². The molecule has 0 bridgehead atoms. The summed E-state index contributed by atoms with van der Waals surface area (Å²) in [5, 5.41) is 7.99. The van der Waals surface area contributed by atoms with Crippen molar-refractivity contribution < 1.29 is 14.3 Å². The zero-order valence-corrected chi connectivity index (χ0v) is 26.4. The summed E-state index contributed by atoms with van der Waals surface area (Å²) in [4.78, 5) is 31.0. The molecule has 3 aromatic carbocycles.